The molecule has 1 aliphatic rings. The topological polar surface area (TPSA) is 73.1 Å². The van der Waals surface area contributed by atoms with E-state index in [1.54, 1.807) is 0 Å². The molecule has 0 aliphatic heterocycles. The van der Waals surface area contributed by atoms with E-state index in [2.05, 4.69) is 20.3 Å². The summed E-state index contributed by atoms with van der Waals surface area (Å²) in [5.74, 6) is 2.73. The fourth-order valence-corrected chi connectivity index (χ4v) is 2.25. The Bertz CT molecular complexity index is 682. The van der Waals surface area contributed by atoms with E-state index in [9.17, 15) is 0 Å². The predicted octanol–water partition coefficient (Wildman–Crippen LogP) is 3.44. The van der Waals surface area contributed by atoms with E-state index in [1.807, 2.05) is 20.8 Å². The minimum absolute atomic E-state index is 0.315. The van der Waals surface area contributed by atoms with Crippen molar-refractivity contribution in [2.24, 2.45) is 5.92 Å². The van der Waals surface area contributed by atoms with Crippen LogP contribution in [0.25, 0.3) is 0 Å². The molecule has 22 heavy (non-hydrogen) atoms. The van der Waals surface area contributed by atoms with Gasteiger partial charge in [0.2, 0.25) is 0 Å². The fourth-order valence-electron chi connectivity index (χ4n) is 2.09. The van der Waals surface area contributed by atoms with Crippen molar-refractivity contribution < 1.29 is 9.15 Å². The smallest absolute Gasteiger partial charge is 0.319 e. The van der Waals surface area contributed by atoms with Gasteiger partial charge in [0.1, 0.15) is 16.7 Å². The molecule has 2 heterocycles. The molecule has 2 aromatic rings. The van der Waals surface area contributed by atoms with Crippen LogP contribution in [0.3, 0.4) is 0 Å². The van der Waals surface area contributed by atoms with Crippen molar-refractivity contribution in [1.29, 1.82) is 0 Å². The van der Waals surface area contributed by atoms with Crippen molar-refractivity contribution in [3.05, 3.63) is 28.1 Å². The first kappa shape index (κ1) is 15.1. The average Bonchev–Trinajstić information content (AvgIpc) is 3.24. The normalized spacial score (nSPS) is 14.2. The van der Waals surface area contributed by atoms with Gasteiger partial charge in [0.05, 0.1) is 18.8 Å². The van der Waals surface area contributed by atoms with E-state index in [0.29, 0.717) is 41.9 Å². The van der Waals surface area contributed by atoms with Crippen LogP contribution in [0.1, 0.15) is 35.7 Å². The van der Waals surface area contributed by atoms with Crippen molar-refractivity contribution in [1.82, 2.24) is 15.0 Å². The number of aromatic nitrogens is 3. The molecule has 1 N–H and O–H groups in total. The Morgan fingerprint density at radius 2 is 2.00 bits per heavy atom. The summed E-state index contributed by atoms with van der Waals surface area (Å²) in [7, 11) is 0. The summed E-state index contributed by atoms with van der Waals surface area (Å²) in [5.41, 5.74) is 1.65. The van der Waals surface area contributed by atoms with Crippen molar-refractivity contribution >= 4 is 17.4 Å². The lowest BCUT2D eigenvalue weighted by atomic mass is 10.3. The summed E-state index contributed by atoms with van der Waals surface area (Å²) in [6, 6.07) is 0.315. The second-order valence-electron chi connectivity index (χ2n) is 5.62. The van der Waals surface area contributed by atoms with Crippen LogP contribution in [0.5, 0.6) is 6.01 Å². The summed E-state index contributed by atoms with van der Waals surface area (Å²) in [4.78, 5) is 12.8. The summed E-state index contributed by atoms with van der Waals surface area (Å²) < 4.78 is 11.1. The third-order valence-corrected chi connectivity index (χ3v) is 3.99. The van der Waals surface area contributed by atoms with E-state index in [1.165, 1.54) is 12.8 Å². The van der Waals surface area contributed by atoms with Crippen LogP contribution in [0, 0.1) is 26.7 Å². The van der Waals surface area contributed by atoms with Gasteiger partial charge in [-0.3, -0.25) is 0 Å². The Labute approximate surface area is 134 Å². The van der Waals surface area contributed by atoms with Gasteiger partial charge in [-0.1, -0.05) is 11.6 Å². The van der Waals surface area contributed by atoms with Crippen LogP contribution < -0.4 is 10.1 Å². The number of hydrogen-bond acceptors (Lipinski definition) is 6. The number of nitrogens with one attached hydrogen (secondary N) is 1. The number of hydrogen-bond donors (Lipinski definition) is 1. The fraction of sp³-hybridized carbons (Fsp3) is 0.533. The number of aryl methyl sites for hydroxylation is 2. The molecule has 0 unspecified atom stereocenters. The van der Waals surface area contributed by atoms with Gasteiger partial charge in [-0.2, -0.15) is 9.97 Å². The monoisotopic (exact) mass is 322 g/mol. The van der Waals surface area contributed by atoms with Gasteiger partial charge in [-0.05, 0) is 32.6 Å². The lowest BCUT2D eigenvalue weighted by Gasteiger charge is -2.11. The quantitative estimate of drug-likeness (QED) is 0.821. The maximum Gasteiger partial charge on any atom is 0.319 e. The third-order valence-electron chi connectivity index (χ3n) is 3.63. The number of rotatable bonds is 6. The second kappa shape index (κ2) is 6.12. The van der Waals surface area contributed by atoms with E-state index in [4.69, 9.17) is 20.8 Å². The predicted molar refractivity (Wildman–Crippen MR) is 83.3 cm³/mol. The van der Waals surface area contributed by atoms with Crippen LogP contribution in [0.4, 0.5) is 5.82 Å². The van der Waals surface area contributed by atoms with Gasteiger partial charge in [0.15, 0.2) is 5.89 Å². The molecule has 3 rings (SSSR count). The Kier molecular flexibility index (Phi) is 4.20. The zero-order valence-corrected chi connectivity index (χ0v) is 13.7. The van der Waals surface area contributed by atoms with Crippen LogP contribution in [-0.2, 0) is 6.54 Å². The Morgan fingerprint density at radius 1 is 1.23 bits per heavy atom. The van der Waals surface area contributed by atoms with Gasteiger partial charge >= 0.3 is 6.01 Å². The van der Waals surface area contributed by atoms with Gasteiger partial charge in [0, 0.05) is 12.5 Å². The van der Waals surface area contributed by atoms with Gasteiger partial charge in [0.25, 0.3) is 0 Å². The molecule has 0 atom stereocenters. The van der Waals surface area contributed by atoms with E-state index in [0.717, 1.165) is 17.0 Å². The second-order valence-corrected chi connectivity index (χ2v) is 5.98. The molecule has 0 amide bonds. The summed E-state index contributed by atoms with van der Waals surface area (Å²) >= 11 is 6.16. The molecule has 0 bridgehead atoms. The van der Waals surface area contributed by atoms with Crippen LogP contribution in [0.15, 0.2) is 4.42 Å². The van der Waals surface area contributed by atoms with Gasteiger partial charge in [-0.25, -0.2) is 4.98 Å². The number of halogens is 1. The largest absolute Gasteiger partial charge is 0.463 e. The highest BCUT2D eigenvalue weighted by Crippen LogP contribution is 2.30. The Morgan fingerprint density at radius 3 is 2.64 bits per heavy atom. The van der Waals surface area contributed by atoms with E-state index >= 15 is 0 Å². The summed E-state index contributed by atoms with van der Waals surface area (Å²) in [6.45, 7) is 6.75. The molecule has 0 radical (unpaired) electrons. The number of nitrogens with zero attached hydrogens (tertiary/aromatic N) is 3. The van der Waals surface area contributed by atoms with E-state index < -0.39 is 0 Å². The van der Waals surface area contributed by atoms with Crippen molar-refractivity contribution in [2.75, 3.05) is 11.9 Å². The maximum absolute atomic E-state index is 6.16. The summed E-state index contributed by atoms with van der Waals surface area (Å²) in [6.07, 6.45) is 2.43. The van der Waals surface area contributed by atoms with Gasteiger partial charge in [-0.15, -0.1) is 0 Å². The standard InChI is InChI=1S/C15H19ClN4O2/c1-8-13(16)19-15(21-7-11-4-5-11)20-14(8)17-6-12-9(2)18-10(3)22-12/h11H,4-7H2,1-3H3,(H,17,19,20). The maximum atomic E-state index is 6.16. The van der Waals surface area contributed by atoms with Crippen LogP contribution in [0.2, 0.25) is 5.15 Å². The van der Waals surface area contributed by atoms with E-state index in [-0.39, 0.29) is 0 Å². The highest BCUT2D eigenvalue weighted by Gasteiger charge is 2.23. The molecular formula is C15H19ClN4O2. The Balaban J connectivity index is 1.71. The number of ether oxygens (including phenoxy) is 1. The van der Waals surface area contributed by atoms with Crippen LogP contribution in [-0.4, -0.2) is 21.6 Å². The molecule has 1 aliphatic carbocycles. The molecule has 1 saturated carbocycles. The summed E-state index contributed by atoms with van der Waals surface area (Å²) in [5, 5.41) is 3.62. The molecule has 118 valence electrons. The lowest BCUT2D eigenvalue weighted by molar-refractivity contribution is 0.276. The highest BCUT2D eigenvalue weighted by molar-refractivity contribution is 6.30. The van der Waals surface area contributed by atoms with Crippen molar-refractivity contribution in [3.8, 4) is 6.01 Å². The van der Waals surface area contributed by atoms with Gasteiger partial charge < -0.3 is 14.5 Å². The molecule has 0 spiro atoms. The molecule has 0 saturated heterocycles. The zero-order chi connectivity index (χ0) is 15.7. The van der Waals surface area contributed by atoms with Crippen molar-refractivity contribution in [2.45, 2.75) is 40.2 Å². The highest BCUT2D eigenvalue weighted by atomic mass is 35.5. The molecule has 1 fully saturated rings. The Hall–Kier alpha value is -1.82. The molecule has 7 heteroatoms. The first-order valence-electron chi connectivity index (χ1n) is 7.36. The number of oxazole rings is 1. The molecule has 2 aromatic heterocycles. The van der Waals surface area contributed by atoms with Crippen LogP contribution >= 0.6 is 11.6 Å². The third kappa shape index (κ3) is 3.50. The number of anilines is 1. The average molecular weight is 323 g/mol. The minimum atomic E-state index is 0.315. The first-order valence-corrected chi connectivity index (χ1v) is 7.74. The zero-order valence-electron chi connectivity index (χ0n) is 12.9. The molecule has 0 aromatic carbocycles. The minimum Gasteiger partial charge on any atom is -0.463 e. The first-order chi connectivity index (χ1) is 10.5. The van der Waals surface area contributed by atoms with Crippen molar-refractivity contribution in [3.63, 3.8) is 0 Å². The lowest BCUT2D eigenvalue weighted by Crippen LogP contribution is -2.08. The SMILES string of the molecule is Cc1nc(C)c(CNc2nc(OCC3CC3)nc(Cl)c2C)o1. The molecular weight excluding hydrogens is 304 g/mol. The molecule has 6 nitrogen and oxygen atoms in total.